The maximum Gasteiger partial charge on any atom is 0.117 e. The molecule has 1 fully saturated rings. The van der Waals surface area contributed by atoms with Crippen molar-refractivity contribution in [3.8, 4) is 0 Å². The van der Waals surface area contributed by atoms with E-state index in [4.69, 9.17) is 5.73 Å². The van der Waals surface area contributed by atoms with Gasteiger partial charge in [0.1, 0.15) is 5.60 Å². The summed E-state index contributed by atoms with van der Waals surface area (Å²) in [5.41, 5.74) is 7.46. The summed E-state index contributed by atoms with van der Waals surface area (Å²) < 4.78 is 0. The number of nitrogens with one attached hydrogen (secondary N) is 1. The molecule has 2 aromatic carbocycles. The van der Waals surface area contributed by atoms with Crippen molar-refractivity contribution in [2.45, 2.75) is 18.4 Å². The zero-order valence-electron chi connectivity index (χ0n) is 12.1. The lowest BCUT2D eigenvalue weighted by molar-refractivity contribution is 0.00237. The molecule has 1 aliphatic rings. The molecule has 0 saturated carbocycles. The minimum atomic E-state index is -0.947. The number of nitrogen functional groups attached to an aromatic ring is 1. The first-order valence-electron chi connectivity index (χ1n) is 7.56. The molecule has 0 bridgehead atoms. The van der Waals surface area contributed by atoms with E-state index in [0.29, 0.717) is 0 Å². The summed E-state index contributed by atoms with van der Waals surface area (Å²) in [5, 5.41) is 15.0. The lowest BCUT2D eigenvalue weighted by Gasteiger charge is -2.39. The molecule has 4 N–H and O–H groups in total. The third-order valence-electron chi connectivity index (χ3n) is 4.49. The Balaban J connectivity index is 2.07. The molecule has 1 saturated heterocycles. The van der Waals surface area contributed by atoms with Gasteiger partial charge in [0.25, 0.3) is 0 Å². The molecular formula is C18H22N2O. The highest BCUT2D eigenvalue weighted by molar-refractivity contribution is 5.44. The number of benzene rings is 2. The topological polar surface area (TPSA) is 58.3 Å². The predicted molar refractivity (Wildman–Crippen MR) is 85.9 cm³/mol. The molecular weight excluding hydrogens is 260 g/mol. The lowest BCUT2D eigenvalue weighted by atomic mass is 9.72. The molecule has 3 heteroatoms. The monoisotopic (exact) mass is 282 g/mol. The van der Waals surface area contributed by atoms with E-state index in [1.807, 2.05) is 54.6 Å². The van der Waals surface area contributed by atoms with E-state index in [2.05, 4.69) is 5.32 Å². The quantitative estimate of drug-likeness (QED) is 0.758. The molecule has 0 aliphatic carbocycles. The average Bonchev–Trinajstić information content (AvgIpc) is 2.56. The minimum Gasteiger partial charge on any atom is -0.399 e. The Kier molecular flexibility index (Phi) is 3.95. The van der Waals surface area contributed by atoms with Crippen LogP contribution < -0.4 is 11.1 Å². The van der Waals surface area contributed by atoms with Crippen molar-refractivity contribution in [1.29, 1.82) is 0 Å². The first-order chi connectivity index (χ1) is 10.2. The zero-order valence-corrected chi connectivity index (χ0v) is 12.1. The van der Waals surface area contributed by atoms with Gasteiger partial charge in [0.2, 0.25) is 0 Å². The summed E-state index contributed by atoms with van der Waals surface area (Å²) in [6, 6.07) is 17.6. The van der Waals surface area contributed by atoms with Crippen LogP contribution in [0.4, 0.5) is 5.69 Å². The van der Waals surface area contributed by atoms with E-state index in [1.165, 1.54) is 0 Å². The van der Waals surface area contributed by atoms with E-state index < -0.39 is 5.60 Å². The van der Waals surface area contributed by atoms with Crippen LogP contribution in [0, 0.1) is 5.92 Å². The van der Waals surface area contributed by atoms with Crippen LogP contribution in [0.1, 0.15) is 24.0 Å². The number of anilines is 1. The van der Waals surface area contributed by atoms with Crippen molar-refractivity contribution in [3.05, 3.63) is 65.7 Å². The maximum atomic E-state index is 11.6. The Morgan fingerprint density at radius 2 is 1.48 bits per heavy atom. The molecule has 2 aromatic rings. The molecule has 1 aliphatic heterocycles. The predicted octanol–water partition coefficient (Wildman–Crippen LogP) is 2.50. The molecule has 0 radical (unpaired) electrons. The van der Waals surface area contributed by atoms with Crippen LogP contribution in [-0.4, -0.2) is 18.2 Å². The van der Waals surface area contributed by atoms with E-state index in [-0.39, 0.29) is 5.92 Å². The molecule has 0 spiro atoms. The Labute approximate surface area is 125 Å². The number of rotatable bonds is 3. The van der Waals surface area contributed by atoms with Crippen LogP contribution >= 0.6 is 0 Å². The van der Waals surface area contributed by atoms with Gasteiger partial charge in [-0.05, 0) is 55.1 Å². The molecule has 1 heterocycles. The lowest BCUT2D eigenvalue weighted by Crippen LogP contribution is -2.42. The van der Waals surface area contributed by atoms with Crippen LogP contribution in [0.25, 0.3) is 0 Å². The smallest absolute Gasteiger partial charge is 0.117 e. The molecule has 110 valence electrons. The highest BCUT2D eigenvalue weighted by Gasteiger charge is 2.40. The largest absolute Gasteiger partial charge is 0.399 e. The molecule has 0 aromatic heterocycles. The number of hydrogen-bond acceptors (Lipinski definition) is 3. The van der Waals surface area contributed by atoms with Gasteiger partial charge in [0.15, 0.2) is 0 Å². The first-order valence-corrected chi connectivity index (χ1v) is 7.56. The van der Waals surface area contributed by atoms with Crippen molar-refractivity contribution in [2.24, 2.45) is 5.92 Å². The fourth-order valence-electron chi connectivity index (χ4n) is 3.31. The number of aliphatic hydroxyl groups is 1. The van der Waals surface area contributed by atoms with Crippen LogP contribution in [0.2, 0.25) is 0 Å². The van der Waals surface area contributed by atoms with Gasteiger partial charge in [-0.2, -0.15) is 0 Å². The van der Waals surface area contributed by atoms with Gasteiger partial charge in [-0.15, -0.1) is 0 Å². The standard InChI is InChI=1S/C18H22N2O/c19-17-8-6-15(7-9-17)18(21,14-4-2-1-3-5-14)16-10-12-20-13-11-16/h1-9,16,20-21H,10-13,19H2. The highest BCUT2D eigenvalue weighted by Crippen LogP contribution is 2.41. The first kappa shape index (κ1) is 14.1. The third kappa shape index (κ3) is 2.67. The van der Waals surface area contributed by atoms with E-state index in [0.717, 1.165) is 42.7 Å². The van der Waals surface area contributed by atoms with Gasteiger partial charge < -0.3 is 16.2 Å². The Hall–Kier alpha value is -1.84. The maximum absolute atomic E-state index is 11.6. The van der Waals surface area contributed by atoms with Gasteiger partial charge in [0.05, 0.1) is 0 Å². The van der Waals surface area contributed by atoms with Gasteiger partial charge >= 0.3 is 0 Å². The zero-order chi connectivity index (χ0) is 14.7. The van der Waals surface area contributed by atoms with Gasteiger partial charge in [-0.25, -0.2) is 0 Å². The summed E-state index contributed by atoms with van der Waals surface area (Å²) in [5.74, 6) is 0.213. The molecule has 1 atom stereocenters. The number of piperidine rings is 1. The van der Waals surface area contributed by atoms with Crippen molar-refractivity contribution in [3.63, 3.8) is 0 Å². The van der Waals surface area contributed by atoms with E-state index >= 15 is 0 Å². The van der Waals surface area contributed by atoms with Gasteiger partial charge in [-0.3, -0.25) is 0 Å². The average molecular weight is 282 g/mol. The van der Waals surface area contributed by atoms with Crippen LogP contribution in [0.5, 0.6) is 0 Å². The molecule has 0 amide bonds. The normalized spacial score (nSPS) is 19.1. The summed E-state index contributed by atoms with van der Waals surface area (Å²) in [7, 11) is 0. The Bertz CT molecular complexity index is 576. The SMILES string of the molecule is Nc1ccc(C(O)(c2ccccc2)C2CCNCC2)cc1. The van der Waals surface area contributed by atoms with Crippen LogP contribution in [-0.2, 0) is 5.60 Å². The second-order valence-corrected chi connectivity index (χ2v) is 5.78. The van der Waals surface area contributed by atoms with Gasteiger partial charge in [-0.1, -0.05) is 42.5 Å². The Morgan fingerprint density at radius 1 is 0.905 bits per heavy atom. The number of hydrogen-bond donors (Lipinski definition) is 3. The fraction of sp³-hybridized carbons (Fsp3) is 0.333. The minimum absolute atomic E-state index is 0.213. The van der Waals surface area contributed by atoms with E-state index in [9.17, 15) is 5.11 Å². The van der Waals surface area contributed by atoms with Crippen LogP contribution in [0.15, 0.2) is 54.6 Å². The summed E-state index contributed by atoms with van der Waals surface area (Å²) in [4.78, 5) is 0. The molecule has 21 heavy (non-hydrogen) atoms. The van der Waals surface area contributed by atoms with Crippen molar-refractivity contribution < 1.29 is 5.11 Å². The summed E-state index contributed by atoms with van der Waals surface area (Å²) in [6.07, 6.45) is 1.94. The van der Waals surface area contributed by atoms with Crippen LogP contribution in [0.3, 0.4) is 0 Å². The second-order valence-electron chi connectivity index (χ2n) is 5.78. The highest BCUT2D eigenvalue weighted by atomic mass is 16.3. The summed E-state index contributed by atoms with van der Waals surface area (Å²) in [6.45, 7) is 1.91. The third-order valence-corrected chi connectivity index (χ3v) is 4.49. The van der Waals surface area contributed by atoms with Gasteiger partial charge in [0, 0.05) is 5.69 Å². The van der Waals surface area contributed by atoms with Crippen molar-refractivity contribution >= 4 is 5.69 Å². The fourth-order valence-corrected chi connectivity index (χ4v) is 3.31. The Morgan fingerprint density at radius 3 is 2.10 bits per heavy atom. The molecule has 3 nitrogen and oxygen atoms in total. The number of nitrogens with two attached hydrogens (primary N) is 1. The van der Waals surface area contributed by atoms with Crippen molar-refractivity contribution in [2.75, 3.05) is 18.8 Å². The summed E-state index contributed by atoms with van der Waals surface area (Å²) >= 11 is 0. The van der Waals surface area contributed by atoms with E-state index in [1.54, 1.807) is 0 Å². The molecule has 1 unspecified atom stereocenters. The van der Waals surface area contributed by atoms with Crippen molar-refractivity contribution in [1.82, 2.24) is 5.32 Å². The second kappa shape index (κ2) is 5.88. The molecule has 3 rings (SSSR count).